The summed E-state index contributed by atoms with van der Waals surface area (Å²) in [6.45, 7) is 4.14. The minimum Gasteiger partial charge on any atom is -0.459 e. The number of fused-ring (bicyclic) bond motifs is 1. The number of furan rings is 1. The molecular weight excluding hydrogens is 241 g/mol. The van der Waals surface area contributed by atoms with E-state index in [2.05, 4.69) is 6.92 Å². The summed E-state index contributed by atoms with van der Waals surface area (Å²) < 4.78 is 19.0. The minimum absolute atomic E-state index is 0.0904. The number of hydrogen-bond acceptors (Lipinski definition) is 2. The van der Waals surface area contributed by atoms with Gasteiger partial charge in [-0.25, -0.2) is 4.39 Å². The van der Waals surface area contributed by atoms with Crippen molar-refractivity contribution in [1.82, 2.24) is 0 Å². The Kier molecular flexibility index (Phi) is 4.59. The zero-order valence-electron chi connectivity index (χ0n) is 11.7. The molecule has 0 aliphatic rings. The molecule has 1 aromatic carbocycles. The molecule has 0 aliphatic heterocycles. The van der Waals surface area contributed by atoms with Crippen LogP contribution in [0.15, 0.2) is 22.6 Å². The van der Waals surface area contributed by atoms with E-state index in [4.69, 9.17) is 10.2 Å². The molecule has 0 spiro atoms. The van der Waals surface area contributed by atoms with Gasteiger partial charge in [-0.1, -0.05) is 32.6 Å². The maximum Gasteiger partial charge on any atom is 0.134 e. The second-order valence-electron chi connectivity index (χ2n) is 5.19. The summed E-state index contributed by atoms with van der Waals surface area (Å²) in [5, 5.41) is 0.832. The van der Waals surface area contributed by atoms with Gasteiger partial charge in [0.1, 0.15) is 17.2 Å². The second-order valence-corrected chi connectivity index (χ2v) is 5.19. The van der Waals surface area contributed by atoms with E-state index >= 15 is 0 Å². The smallest absolute Gasteiger partial charge is 0.134 e. The van der Waals surface area contributed by atoms with Crippen molar-refractivity contribution < 1.29 is 8.81 Å². The second kappa shape index (κ2) is 6.20. The average Bonchev–Trinajstić information content (AvgIpc) is 2.72. The fourth-order valence-electron chi connectivity index (χ4n) is 2.49. The first-order valence-corrected chi connectivity index (χ1v) is 7.07. The van der Waals surface area contributed by atoms with Crippen LogP contribution in [0, 0.1) is 12.7 Å². The van der Waals surface area contributed by atoms with E-state index in [1.807, 2.05) is 6.92 Å². The molecule has 0 radical (unpaired) electrons. The van der Waals surface area contributed by atoms with Crippen LogP contribution in [-0.4, -0.2) is 0 Å². The van der Waals surface area contributed by atoms with Crippen molar-refractivity contribution in [3.63, 3.8) is 0 Å². The molecule has 3 heteroatoms. The van der Waals surface area contributed by atoms with E-state index in [-0.39, 0.29) is 11.9 Å². The van der Waals surface area contributed by atoms with Gasteiger partial charge in [-0.2, -0.15) is 0 Å². The Morgan fingerprint density at radius 2 is 2.05 bits per heavy atom. The Morgan fingerprint density at radius 3 is 2.79 bits per heavy atom. The van der Waals surface area contributed by atoms with Crippen LogP contribution in [0.1, 0.15) is 56.4 Å². The number of benzene rings is 1. The Balaban J connectivity index is 2.13. The van der Waals surface area contributed by atoms with E-state index in [1.54, 1.807) is 6.07 Å². The number of nitrogens with two attached hydrogens (primary N) is 1. The largest absolute Gasteiger partial charge is 0.459 e. The van der Waals surface area contributed by atoms with Gasteiger partial charge in [0.25, 0.3) is 0 Å². The van der Waals surface area contributed by atoms with Gasteiger partial charge in [0.2, 0.25) is 0 Å². The molecule has 0 amide bonds. The normalized spacial score (nSPS) is 13.1. The summed E-state index contributed by atoms with van der Waals surface area (Å²) in [5.41, 5.74) is 7.88. The van der Waals surface area contributed by atoms with Crippen molar-refractivity contribution in [2.24, 2.45) is 5.73 Å². The fraction of sp³-hybridized carbons (Fsp3) is 0.500. The van der Waals surface area contributed by atoms with Gasteiger partial charge in [0.05, 0.1) is 6.04 Å². The number of hydrogen-bond donors (Lipinski definition) is 1. The molecular formula is C16H22FNO. The maximum atomic E-state index is 13.2. The molecule has 1 aromatic heterocycles. The number of halogens is 1. The summed E-state index contributed by atoms with van der Waals surface area (Å²) in [7, 11) is 0. The Morgan fingerprint density at radius 1 is 1.26 bits per heavy atom. The lowest BCUT2D eigenvalue weighted by atomic mass is 10.0. The summed E-state index contributed by atoms with van der Waals surface area (Å²) in [4.78, 5) is 0. The van der Waals surface area contributed by atoms with Crippen molar-refractivity contribution in [1.29, 1.82) is 0 Å². The highest BCUT2D eigenvalue weighted by Gasteiger charge is 2.17. The summed E-state index contributed by atoms with van der Waals surface area (Å²) in [5.74, 6) is 0.566. The van der Waals surface area contributed by atoms with Crippen LogP contribution >= 0.6 is 0 Å². The number of unbranched alkanes of at least 4 members (excludes halogenated alkanes) is 3. The van der Waals surface area contributed by atoms with Gasteiger partial charge in [0, 0.05) is 10.9 Å². The highest BCUT2D eigenvalue weighted by molar-refractivity contribution is 5.82. The van der Waals surface area contributed by atoms with Crippen molar-refractivity contribution >= 4 is 11.0 Å². The molecule has 19 heavy (non-hydrogen) atoms. The number of rotatable bonds is 6. The van der Waals surface area contributed by atoms with Crippen molar-refractivity contribution in [2.75, 3.05) is 0 Å². The highest BCUT2D eigenvalue weighted by atomic mass is 19.1. The van der Waals surface area contributed by atoms with Crippen molar-refractivity contribution in [3.05, 3.63) is 35.3 Å². The lowest BCUT2D eigenvalue weighted by Gasteiger charge is -2.09. The van der Waals surface area contributed by atoms with Crippen LogP contribution in [0.2, 0.25) is 0 Å². The molecule has 0 saturated heterocycles. The summed E-state index contributed by atoms with van der Waals surface area (Å²) >= 11 is 0. The van der Waals surface area contributed by atoms with E-state index in [0.717, 1.165) is 35.1 Å². The van der Waals surface area contributed by atoms with Gasteiger partial charge in [-0.3, -0.25) is 0 Å². The third-order valence-corrected chi connectivity index (χ3v) is 3.64. The quantitative estimate of drug-likeness (QED) is 0.756. The number of aryl methyl sites for hydroxylation is 1. The van der Waals surface area contributed by atoms with Crippen LogP contribution in [0.25, 0.3) is 11.0 Å². The Hall–Kier alpha value is -1.35. The fourth-order valence-corrected chi connectivity index (χ4v) is 2.49. The molecule has 2 rings (SSSR count). The van der Waals surface area contributed by atoms with Crippen LogP contribution < -0.4 is 5.73 Å². The first-order chi connectivity index (χ1) is 9.13. The molecule has 2 N–H and O–H groups in total. The lowest BCUT2D eigenvalue weighted by molar-refractivity contribution is 0.458. The Labute approximate surface area is 113 Å². The zero-order chi connectivity index (χ0) is 13.8. The van der Waals surface area contributed by atoms with Crippen LogP contribution in [0.5, 0.6) is 0 Å². The molecule has 1 unspecified atom stereocenters. The van der Waals surface area contributed by atoms with Crippen molar-refractivity contribution in [2.45, 2.75) is 52.0 Å². The predicted octanol–water partition coefficient (Wildman–Crippen LogP) is 4.85. The summed E-state index contributed by atoms with van der Waals surface area (Å²) in [6, 6.07) is 4.51. The predicted molar refractivity (Wildman–Crippen MR) is 76.6 cm³/mol. The van der Waals surface area contributed by atoms with Gasteiger partial charge >= 0.3 is 0 Å². The van der Waals surface area contributed by atoms with Crippen LogP contribution in [-0.2, 0) is 0 Å². The molecule has 0 aliphatic carbocycles. The molecule has 1 atom stereocenters. The topological polar surface area (TPSA) is 39.2 Å². The average molecular weight is 263 g/mol. The van der Waals surface area contributed by atoms with Crippen LogP contribution in [0.4, 0.5) is 4.39 Å². The minimum atomic E-state index is -0.237. The molecule has 0 saturated carbocycles. The van der Waals surface area contributed by atoms with Gasteiger partial charge in [0.15, 0.2) is 0 Å². The monoisotopic (exact) mass is 263 g/mol. The summed E-state index contributed by atoms with van der Waals surface area (Å²) in [6.07, 6.45) is 5.70. The standard InChI is InChI=1S/C16H22FNO/c1-3-4-5-6-7-14(18)16-11(2)13-10-12(17)8-9-15(13)19-16/h8-10,14H,3-7,18H2,1-2H3. The van der Waals surface area contributed by atoms with Gasteiger partial charge in [-0.05, 0) is 31.5 Å². The lowest BCUT2D eigenvalue weighted by Crippen LogP contribution is -2.10. The highest BCUT2D eigenvalue weighted by Crippen LogP contribution is 2.31. The maximum absolute atomic E-state index is 13.2. The van der Waals surface area contributed by atoms with E-state index in [9.17, 15) is 4.39 Å². The van der Waals surface area contributed by atoms with Crippen molar-refractivity contribution in [3.8, 4) is 0 Å². The van der Waals surface area contributed by atoms with E-state index in [1.165, 1.54) is 31.4 Å². The first kappa shape index (κ1) is 14.1. The third kappa shape index (κ3) is 3.16. The van der Waals surface area contributed by atoms with Crippen LogP contribution in [0.3, 0.4) is 0 Å². The molecule has 0 bridgehead atoms. The van der Waals surface area contributed by atoms with E-state index < -0.39 is 0 Å². The zero-order valence-corrected chi connectivity index (χ0v) is 11.7. The van der Waals surface area contributed by atoms with Gasteiger partial charge in [-0.15, -0.1) is 0 Å². The van der Waals surface area contributed by atoms with E-state index in [0.29, 0.717) is 0 Å². The third-order valence-electron chi connectivity index (χ3n) is 3.64. The SMILES string of the molecule is CCCCCCC(N)c1oc2ccc(F)cc2c1C. The first-order valence-electron chi connectivity index (χ1n) is 7.07. The Bertz CT molecular complexity index is 547. The molecule has 104 valence electrons. The molecule has 2 aromatic rings. The molecule has 1 heterocycles. The molecule has 2 nitrogen and oxygen atoms in total. The molecule has 0 fully saturated rings. The van der Waals surface area contributed by atoms with Gasteiger partial charge < -0.3 is 10.2 Å².